The third-order valence-electron chi connectivity index (χ3n) is 3.88. The van der Waals surface area contributed by atoms with Gasteiger partial charge in [-0.05, 0) is 25.8 Å². The second-order valence-electron chi connectivity index (χ2n) is 6.56. The molecule has 1 N–H and O–H groups in total. The van der Waals surface area contributed by atoms with Gasteiger partial charge < -0.3 is 10.1 Å². The molecule has 4 heteroatoms. The van der Waals surface area contributed by atoms with Crippen LogP contribution in [0.5, 0.6) is 0 Å². The molecule has 1 heterocycles. The van der Waals surface area contributed by atoms with Crippen molar-refractivity contribution in [2.45, 2.75) is 64.0 Å². The molecule has 0 bridgehead atoms. The minimum absolute atomic E-state index is 0.0604. The van der Waals surface area contributed by atoms with E-state index in [0.717, 1.165) is 25.8 Å². The summed E-state index contributed by atoms with van der Waals surface area (Å²) in [6.07, 6.45) is 3.62. The number of nitrogens with one attached hydrogen (secondary N) is 1. The van der Waals surface area contributed by atoms with E-state index in [4.69, 9.17) is 9.72 Å². The molecule has 0 unspecified atom stereocenters. The Morgan fingerprint density at radius 1 is 1.47 bits per heavy atom. The van der Waals surface area contributed by atoms with Gasteiger partial charge in [0.15, 0.2) is 0 Å². The van der Waals surface area contributed by atoms with Crippen LogP contribution in [0.25, 0.3) is 0 Å². The Bertz CT molecular complexity index is 411. The summed E-state index contributed by atoms with van der Waals surface area (Å²) in [5, 5.41) is 7.14. The van der Waals surface area contributed by atoms with E-state index < -0.39 is 0 Å². The number of hydrogen-bond donors (Lipinski definition) is 1. The molecule has 0 spiro atoms. The zero-order chi connectivity index (χ0) is 14.1. The molecule has 1 aliphatic rings. The number of ether oxygens (including phenoxy) is 1. The number of methoxy groups -OCH3 is 1. The van der Waals surface area contributed by atoms with Gasteiger partial charge in [0.05, 0.1) is 17.3 Å². The second kappa shape index (κ2) is 5.51. The molecule has 0 atom stereocenters. The Kier molecular flexibility index (Phi) is 4.33. The minimum Gasteiger partial charge on any atom is -0.381 e. The molecule has 3 nitrogen and oxygen atoms in total. The van der Waals surface area contributed by atoms with Crippen LogP contribution in [0.4, 0.5) is 0 Å². The molecular weight excluding hydrogens is 256 g/mol. The summed E-state index contributed by atoms with van der Waals surface area (Å²) in [6, 6.07) is 0. The van der Waals surface area contributed by atoms with Gasteiger partial charge in [0.1, 0.15) is 5.01 Å². The average molecular weight is 282 g/mol. The third kappa shape index (κ3) is 3.01. The van der Waals surface area contributed by atoms with Gasteiger partial charge in [-0.3, -0.25) is 0 Å². The van der Waals surface area contributed by atoms with Crippen molar-refractivity contribution < 1.29 is 4.74 Å². The van der Waals surface area contributed by atoms with Gasteiger partial charge in [0.2, 0.25) is 0 Å². The van der Waals surface area contributed by atoms with Crippen LogP contribution in [0.2, 0.25) is 0 Å². The van der Waals surface area contributed by atoms with E-state index in [-0.39, 0.29) is 11.0 Å². The zero-order valence-electron chi connectivity index (χ0n) is 12.7. The van der Waals surface area contributed by atoms with Crippen molar-refractivity contribution in [3.8, 4) is 0 Å². The van der Waals surface area contributed by atoms with Gasteiger partial charge in [-0.1, -0.05) is 27.7 Å². The van der Waals surface area contributed by atoms with Crippen molar-refractivity contribution in [1.29, 1.82) is 0 Å². The Morgan fingerprint density at radius 3 is 2.63 bits per heavy atom. The molecule has 19 heavy (non-hydrogen) atoms. The monoisotopic (exact) mass is 282 g/mol. The van der Waals surface area contributed by atoms with E-state index in [0.29, 0.717) is 6.10 Å². The van der Waals surface area contributed by atoms with Gasteiger partial charge in [0.25, 0.3) is 0 Å². The molecule has 0 aromatic carbocycles. The van der Waals surface area contributed by atoms with Gasteiger partial charge in [-0.2, -0.15) is 0 Å². The quantitative estimate of drug-likeness (QED) is 0.898. The van der Waals surface area contributed by atoms with Crippen LogP contribution in [-0.2, 0) is 15.7 Å². The molecular formula is C15H26N2OS. The van der Waals surface area contributed by atoms with Crippen LogP contribution in [0.3, 0.4) is 0 Å². The lowest BCUT2D eigenvalue weighted by molar-refractivity contribution is -0.0331. The Hall–Kier alpha value is -0.450. The van der Waals surface area contributed by atoms with Crippen molar-refractivity contribution in [3.63, 3.8) is 0 Å². The molecule has 1 aliphatic carbocycles. The molecule has 1 aromatic heterocycles. The summed E-state index contributed by atoms with van der Waals surface area (Å²) in [6.45, 7) is 9.90. The second-order valence-corrected chi connectivity index (χ2v) is 7.42. The molecule has 1 saturated carbocycles. The van der Waals surface area contributed by atoms with Crippen molar-refractivity contribution in [1.82, 2.24) is 10.3 Å². The lowest BCUT2D eigenvalue weighted by atomic mass is 9.74. The number of rotatable bonds is 5. The number of hydrogen-bond acceptors (Lipinski definition) is 4. The van der Waals surface area contributed by atoms with Gasteiger partial charge in [-0.15, -0.1) is 11.3 Å². The summed E-state index contributed by atoms with van der Waals surface area (Å²) in [5.74, 6) is 0. The standard InChI is InChI=1S/C15H26N2OS/c1-6-7-16-15(8-11(9-15)18-5)13-17-12(10-19-13)14(2,3)4/h10-11,16H,6-9H2,1-5H3. The molecule has 2 rings (SSSR count). The van der Waals surface area contributed by atoms with E-state index in [1.165, 1.54) is 10.7 Å². The van der Waals surface area contributed by atoms with Crippen molar-refractivity contribution in [2.75, 3.05) is 13.7 Å². The molecule has 1 fully saturated rings. The Balaban J connectivity index is 2.18. The van der Waals surface area contributed by atoms with Gasteiger partial charge in [0, 0.05) is 17.9 Å². The zero-order valence-corrected chi connectivity index (χ0v) is 13.6. The summed E-state index contributed by atoms with van der Waals surface area (Å²) in [4.78, 5) is 4.90. The first-order valence-electron chi connectivity index (χ1n) is 7.15. The summed E-state index contributed by atoms with van der Waals surface area (Å²) in [7, 11) is 1.80. The first kappa shape index (κ1) is 14.9. The van der Waals surface area contributed by atoms with Crippen LogP contribution in [0.1, 0.15) is 57.7 Å². The largest absolute Gasteiger partial charge is 0.381 e. The van der Waals surface area contributed by atoms with Crippen LogP contribution in [0.15, 0.2) is 5.38 Å². The topological polar surface area (TPSA) is 34.2 Å². The number of aromatic nitrogens is 1. The highest BCUT2D eigenvalue weighted by Gasteiger charge is 2.47. The first-order chi connectivity index (χ1) is 8.91. The SMILES string of the molecule is CCCNC1(c2nc(C(C)(C)C)cs2)CC(OC)C1. The van der Waals surface area contributed by atoms with Crippen molar-refractivity contribution in [2.24, 2.45) is 0 Å². The maximum atomic E-state index is 5.45. The summed E-state index contributed by atoms with van der Waals surface area (Å²) in [5.41, 5.74) is 1.39. The summed E-state index contributed by atoms with van der Waals surface area (Å²) < 4.78 is 5.45. The van der Waals surface area contributed by atoms with Gasteiger partial charge >= 0.3 is 0 Å². The maximum absolute atomic E-state index is 5.45. The molecule has 0 amide bonds. The van der Waals surface area contributed by atoms with Crippen LogP contribution < -0.4 is 5.32 Å². The van der Waals surface area contributed by atoms with Crippen LogP contribution in [-0.4, -0.2) is 24.7 Å². The van der Waals surface area contributed by atoms with E-state index in [1.54, 1.807) is 18.4 Å². The Labute approximate surface area is 120 Å². The predicted octanol–water partition coefficient (Wildman–Crippen LogP) is 3.44. The lowest BCUT2D eigenvalue weighted by Gasteiger charge is -2.46. The maximum Gasteiger partial charge on any atom is 0.113 e. The fourth-order valence-electron chi connectivity index (χ4n) is 2.48. The molecule has 0 aliphatic heterocycles. The van der Waals surface area contributed by atoms with E-state index in [1.807, 2.05) is 0 Å². The highest BCUT2D eigenvalue weighted by atomic mass is 32.1. The van der Waals surface area contributed by atoms with Crippen molar-refractivity contribution in [3.05, 3.63) is 16.1 Å². The number of nitrogens with zero attached hydrogens (tertiary/aromatic N) is 1. The molecule has 0 saturated heterocycles. The third-order valence-corrected chi connectivity index (χ3v) is 4.93. The number of thiazole rings is 1. The highest BCUT2D eigenvalue weighted by Crippen LogP contribution is 2.44. The fraction of sp³-hybridized carbons (Fsp3) is 0.800. The van der Waals surface area contributed by atoms with Crippen molar-refractivity contribution >= 4 is 11.3 Å². The summed E-state index contributed by atoms with van der Waals surface area (Å²) >= 11 is 1.79. The minimum atomic E-state index is 0.0604. The predicted molar refractivity (Wildman–Crippen MR) is 80.8 cm³/mol. The van der Waals surface area contributed by atoms with Crippen LogP contribution >= 0.6 is 11.3 Å². The van der Waals surface area contributed by atoms with E-state index in [2.05, 4.69) is 38.4 Å². The Morgan fingerprint density at radius 2 is 2.16 bits per heavy atom. The smallest absolute Gasteiger partial charge is 0.113 e. The molecule has 1 aromatic rings. The first-order valence-corrected chi connectivity index (χ1v) is 8.03. The molecule has 0 radical (unpaired) electrons. The van der Waals surface area contributed by atoms with E-state index >= 15 is 0 Å². The molecule has 108 valence electrons. The normalized spacial score (nSPS) is 27.3. The average Bonchev–Trinajstić information content (AvgIpc) is 2.77. The van der Waals surface area contributed by atoms with E-state index in [9.17, 15) is 0 Å². The highest BCUT2D eigenvalue weighted by molar-refractivity contribution is 7.09. The lowest BCUT2D eigenvalue weighted by Crippen LogP contribution is -2.55. The van der Waals surface area contributed by atoms with Gasteiger partial charge in [-0.25, -0.2) is 4.98 Å². The van der Waals surface area contributed by atoms with Crippen LogP contribution in [0, 0.1) is 0 Å². The fourth-order valence-corrected chi connectivity index (χ4v) is 3.73.